The maximum Gasteiger partial charge on any atom is 0.431 e. The van der Waals surface area contributed by atoms with Gasteiger partial charge in [-0.1, -0.05) is 41.7 Å². The number of carbonyl (C=O) groups excluding carboxylic acids is 1. The van der Waals surface area contributed by atoms with Gasteiger partial charge < -0.3 is 14.6 Å². The summed E-state index contributed by atoms with van der Waals surface area (Å²) in [6, 6.07) is 19.0. The summed E-state index contributed by atoms with van der Waals surface area (Å²) >= 11 is 1.11. The van der Waals surface area contributed by atoms with E-state index in [-0.39, 0.29) is 17.9 Å². The van der Waals surface area contributed by atoms with E-state index in [9.17, 15) is 32.7 Å². The van der Waals surface area contributed by atoms with Gasteiger partial charge >= 0.3 is 11.9 Å². The second-order valence-electron chi connectivity index (χ2n) is 9.55. The molecule has 8 nitrogen and oxygen atoms in total. The first kappa shape index (κ1) is 29.3. The molecule has 2 heterocycles. The summed E-state index contributed by atoms with van der Waals surface area (Å²) in [5.74, 6) is 4.42. The lowest BCUT2D eigenvalue weighted by Crippen LogP contribution is -2.40. The highest BCUT2D eigenvalue weighted by atomic mass is 32.1. The number of halogens is 3. The van der Waals surface area contributed by atoms with Gasteiger partial charge in [0.05, 0.1) is 28.5 Å². The third-order valence-corrected chi connectivity index (χ3v) is 7.37. The minimum Gasteiger partial charge on any atom is -0.546 e. The molecule has 218 valence electrons. The van der Waals surface area contributed by atoms with Crippen molar-refractivity contribution < 1.29 is 27.8 Å². The number of aliphatic carboxylic acids is 1. The molecule has 0 aliphatic rings. The van der Waals surface area contributed by atoms with E-state index in [1.807, 2.05) is 25.1 Å². The Labute approximate surface area is 246 Å². The maximum atomic E-state index is 13.3. The molecule has 0 N–H and O–H groups in total. The number of hydrogen-bond donors (Lipinski definition) is 0. The number of aromatic nitrogens is 3. The third kappa shape index (κ3) is 6.07. The molecule has 0 saturated heterocycles. The summed E-state index contributed by atoms with van der Waals surface area (Å²) in [5, 5.41) is 12.4. The van der Waals surface area contributed by atoms with Crippen molar-refractivity contribution in [2.45, 2.75) is 25.6 Å². The molecular formula is C31H21F3N3O5S-. The minimum absolute atomic E-state index is 0.0344. The Morgan fingerprint density at radius 1 is 1.07 bits per heavy atom. The van der Waals surface area contributed by atoms with Gasteiger partial charge in [0.2, 0.25) is 0 Å². The zero-order valence-corrected chi connectivity index (χ0v) is 23.5. The van der Waals surface area contributed by atoms with Gasteiger partial charge in [0, 0.05) is 29.6 Å². The van der Waals surface area contributed by atoms with Gasteiger partial charge in [-0.25, -0.2) is 9.36 Å². The first-order chi connectivity index (χ1) is 20.4. The van der Waals surface area contributed by atoms with E-state index in [1.165, 1.54) is 12.1 Å². The number of alkyl halides is 3. The quantitative estimate of drug-likeness (QED) is 0.271. The second kappa shape index (κ2) is 11.6. The molecular weight excluding hydrogens is 583 g/mol. The van der Waals surface area contributed by atoms with Crippen molar-refractivity contribution in [3.63, 3.8) is 0 Å². The molecule has 1 unspecified atom stereocenters. The van der Waals surface area contributed by atoms with Crippen LogP contribution in [0.3, 0.4) is 0 Å². The molecule has 0 spiro atoms. The van der Waals surface area contributed by atoms with Crippen LogP contribution >= 0.6 is 11.5 Å². The Morgan fingerprint density at radius 2 is 1.81 bits per heavy atom. The van der Waals surface area contributed by atoms with Gasteiger partial charge in [0.1, 0.15) is 17.5 Å². The van der Waals surface area contributed by atoms with Crippen molar-refractivity contribution >= 4 is 27.6 Å². The predicted octanol–water partition coefficient (Wildman–Crippen LogP) is 4.08. The molecule has 0 fully saturated rings. The summed E-state index contributed by atoms with van der Waals surface area (Å²) in [4.78, 5) is 37.5. The van der Waals surface area contributed by atoms with Gasteiger partial charge in [0.25, 0.3) is 5.56 Å². The van der Waals surface area contributed by atoms with Gasteiger partial charge in [0.15, 0.2) is 0 Å². The molecule has 3 aromatic carbocycles. The van der Waals surface area contributed by atoms with Gasteiger partial charge in [-0.3, -0.25) is 9.36 Å². The van der Waals surface area contributed by atoms with Crippen LogP contribution in [0.5, 0.6) is 5.75 Å². The van der Waals surface area contributed by atoms with Crippen molar-refractivity contribution in [1.29, 1.82) is 0 Å². The molecule has 0 amide bonds. The maximum absolute atomic E-state index is 13.3. The van der Waals surface area contributed by atoms with E-state index < -0.39 is 35.2 Å². The highest BCUT2D eigenvalue weighted by molar-refractivity contribution is 7.13. The summed E-state index contributed by atoms with van der Waals surface area (Å²) < 4.78 is 52.0. The number of rotatable bonds is 6. The van der Waals surface area contributed by atoms with Crippen LogP contribution in [0.25, 0.3) is 27.0 Å². The number of carbonyl (C=O) groups is 1. The predicted molar refractivity (Wildman–Crippen MR) is 153 cm³/mol. The number of hydrogen-bond acceptors (Lipinski definition) is 7. The molecule has 12 heteroatoms. The smallest absolute Gasteiger partial charge is 0.431 e. The zero-order chi connectivity index (χ0) is 30.9. The van der Waals surface area contributed by atoms with Crippen LogP contribution in [-0.2, 0) is 18.0 Å². The van der Waals surface area contributed by atoms with Crippen LogP contribution in [0.2, 0.25) is 0 Å². The van der Waals surface area contributed by atoms with Crippen LogP contribution < -0.4 is 21.1 Å². The third-order valence-electron chi connectivity index (χ3n) is 6.54. The number of nitrogens with zero attached hydrogens (tertiary/aromatic N) is 3. The van der Waals surface area contributed by atoms with Crippen LogP contribution in [0, 0.1) is 18.8 Å². The van der Waals surface area contributed by atoms with E-state index in [0.717, 1.165) is 24.1 Å². The summed E-state index contributed by atoms with van der Waals surface area (Å²) in [5.41, 5.74) is -1.33. The van der Waals surface area contributed by atoms with Gasteiger partial charge in [-0.15, -0.1) is 0 Å². The molecule has 0 aliphatic heterocycles. The molecule has 0 saturated carbocycles. The first-order valence-corrected chi connectivity index (χ1v) is 13.5. The Kier molecular flexibility index (Phi) is 7.93. The van der Waals surface area contributed by atoms with Crippen LogP contribution in [0.4, 0.5) is 13.2 Å². The molecule has 0 aliphatic carbocycles. The van der Waals surface area contributed by atoms with E-state index >= 15 is 0 Å². The monoisotopic (exact) mass is 604 g/mol. The number of benzene rings is 3. The SMILES string of the molecule is Cc1ccc(OC(CC#Cc2ccccc2)C(=O)[O-])c(-c2nsc3ccc(-n4c(=O)cc(C(F)(F)F)n(C)c4=O)cc23)c1. The largest absolute Gasteiger partial charge is 0.546 e. The number of ether oxygens (including phenoxy) is 1. The van der Waals surface area contributed by atoms with Crippen LogP contribution in [-0.4, -0.2) is 25.6 Å². The number of carboxylic acids is 1. The lowest BCUT2D eigenvalue weighted by Gasteiger charge is -2.20. The fourth-order valence-corrected chi connectivity index (χ4v) is 5.19. The van der Waals surface area contributed by atoms with Crippen LogP contribution in [0.1, 0.15) is 23.2 Å². The molecule has 5 aromatic rings. The van der Waals surface area contributed by atoms with Crippen molar-refractivity contribution in [3.8, 4) is 34.5 Å². The van der Waals surface area contributed by atoms with Crippen molar-refractivity contribution in [3.05, 3.63) is 110 Å². The Balaban J connectivity index is 1.56. The van der Waals surface area contributed by atoms with E-state index in [1.54, 1.807) is 36.4 Å². The Hall–Kier alpha value is -5.15. The second-order valence-corrected chi connectivity index (χ2v) is 10.4. The van der Waals surface area contributed by atoms with E-state index in [0.29, 0.717) is 42.1 Å². The van der Waals surface area contributed by atoms with Gasteiger partial charge in [-0.2, -0.15) is 17.5 Å². The van der Waals surface area contributed by atoms with Gasteiger partial charge in [-0.05, 0) is 60.9 Å². The summed E-state index contributed by atoms with van der Waals surface area (Å²) in [6.07, 6.45) is -6.46. The van der Waals surface area contributed by atoms with E-state index in [4.69, 9.17) is 4.74 Å². The van der Waals surface area contributed by atoms with E-state index in [2.05, 4.69) is 16.2 Å². The molecule has 0 bridgehead atoms. The zero-order valence-electron chi connectivity index (χ0n) is 22.6. The lowest BCUT2D eigenvalue weighted by molar-refractivity contribution is -0.313. The topological polar surface area (TPSA) is 106 Å². The lowest BCUT2D eigenvalue weighted by atomic mass is 10.0. The Morgan fingerprint density at radius 3 is 2.51 bits per heavy atom. The summed E-state index contributed by atoms with van der Waals surface area (Å²) in [7, 11) is 0.936. The summed E-state index contributed by atoms with van der Waals surface area (Å²) in [6.45, 7) is 1.82. The van der Waals surface area contributed by atoms with Crippen LogP contribution in [0.15, 0.2) is 82.4 Å². The molecule has 0 radical (unpaired) electrons. The standard InChI is InChI=1S/C31H22F3N3O5S/c1-18-11-13-23(42-24(29(39)40)10-6-9-19-7-4-3-5-8-19)21(15-18)28-22-16-20(12-14-25(22)43-35-28)37-27(38)17-26(31(32,33)34)36(2)30(37)41/h3-5,7-8,11-17,24H,10H2,1-2H3,(H,39,40)/p-1. The van der Waals surface area contributed by atoms with Crippen molar-refractivity contribution in [2.75, 3.05) is 0 Å². The average Bonchev–Trinajstić information content (AvgIpc) is 3.38. The normalized spacial score (nSPS) is 12.0. The van der Waals surface area contributed by atoms with Crippen molar-refractivity contribution in [1.82, 2.24) is 13.5 Å². The Bertz CT molecular complexity index is 2040. The number of carboxylic acid groups (broad SMARTS) is 1. The number of aryl methyl sites for hydroxylation is 1. The highest BCUT2D eigenvalue weighted by Crippen LogP contribution is 2.38. The minimum atomic E-state index is -4.89. The fourth-order valence-electron chi connectivity index (χ4n) is 4.42. The molecule has 43 heavy (non-hydrogen) atoms. The molecule has 2 aromatic heterocycles. The van der Waals surface area contributed by atoms with Crippen molar-refractivity contribution in [2.24, 2.45) is 7.05 Å². The first-order valence-electron chi connectivity index (χ1n) is 12.8. The average molecular weight is 605 g/mol. The number of fused-ring (bicyclic) bond motifs is 1. The fraction of sp³-hybridized carbons (Fsp3) is 0.161. The molecule has 5 rings (SSSR count). The molecule has 1 atom stereocenters. The highest BCUT2D eigenvalue weighted by Gasteiger charge is 2.35.